The average molecular weight is 729 g/mol. The second-order valence-corrected chi connectivity index (χ2v) is 14.2. The Hall–Kier alpha value is -4.17. The van der Waals surface area contributed by atoms with Crippen molar-refractivity contribution in [1.29, 1.82) is 0 Å². The van der Waals surface area contributed by atoms with E-state index in [4.69, 9.17) is 0 Å². The molecule has 2 amide bonds. The van der Waals surface area contributed by atoms with E-state index >= 15 is 0 Å². The monoisotopic (exact) mass is 729 g/mol. The van der Waals surface area contributed by atoms with Gasteiger partial charge in [0.2, 0.25) is 11.8 Å². The number of aromatic amines is 1. The van der Waals surface area contributed by atoms with E-state index < -0.39 is 5.97 Å². The van der Waals surface area contributed by atoms with Gasteiger partial charge in [0.25, 0.3) is 0 Å². The van der Waals surface area contributed by atoms with Crippen molar-refractivity contribution in [2.45, 2.75) is 131 Å². The number of hydrogen-bond acceptors (Lipinski definition) is 4. The van der Waals surface area contributed by atoms with Gasteiger partial charge >= 0.3 is 0 Å². The van der Waals surface area contributed by atoms with Crippen LogP contribution in [0.2, 0.25) is 0 Å². The quantitative estimate of drug-likeness (QED) is 0.0741. The Morgan fingerprint density at radius 2 is 0.906 bits per heavy atom. The van der Waals surface area contributed by atoms with Gasteiger partial charge in [-0.1, -0.05) is 135 Å². The highest BCUT2D eigenvalue weighted by atomic mass is 16.4. The molecule has 0 saturated carbocycles. The molecular weight excluding hydrogens is 661 g/mol. The zero-order valence-electron chi connectivity index (χ0n) is 33.7. The molecule has 3 N–H and O–H groups in total. The van der Waals surface area contributed by atoms with Gasteiger partial charge in [-0.25, -0.2) is 0 Å². The fraction of sp³-hybridized carbons (Fsp3) is 0.533. The lowest BCUT2D eigenvalue weighted by Gasteiger charge is -2.39. The van der Waals surface area contributed by atoms with E-state index in [2.05, 4.69) is 57.2 Å². The Labute approximate surface area is 319 Å². The van der Waals surface area contributed by atoms with Crippen molar-refractivity contribution in [3.05, 3.63) is 72.3 Å². The van der Waals surface area contributed by atoms with Crippen molar-refractivity contribution in [2.75, 3.05) is 36.8 Å². The van der Waals surface area contributed by atoms with Crippen LogP contribution in [0.25, 0.3) is 21.8 Å². The van der Waals surface area contributed by atoms with E-state index in [0.29, 0.717) is 12.8 Å². The van der Waals surface area contributed by atoms with Crippen molar-refractivity contribution >= 4 is 51.0 Å². The van der Waals surface area contributed by atoms with Crippen molar-refractivity contribution in [1.82, 2.24) is 4.98 Å². The number of para-hydroxylation sites is 2. The van der Waals surface area contributed by atoms with Gasteiger partial charge in [-0.05, 0) is 56.2 Å². The van der Waals surface area contributed by atoms with Crippen LogP contribution in [0.15, 0.2) is 66.7 Å². The van der Waals surface area contributed by atoms with E-state index in [9.17, 15) is 19.5 Å². The van der Waals surface area contributed by atoms with Gasteiger partial charge in [0.1, 0.15) is 0 Å². The van der Waals surface area contributed by atoms with Crippen LogP contribution in [0.5, 0.6) is 0 Å². The molecule has 0 radical (unpaired) electrons. The molecule has 0 unspecified atom stereocenters. The number of carboxylic acid groups (broad SMARTS) is 1. The molecule has 0 atom stereocenters. The Bertz CT molecular complexity index is 1520. The first-order chi connectivity index (χ1) is 25.7. The highest BCUT2D eigenvalue weighted by Crippen LogP contribution is 2.34. The lowest BCUT2D eigenvalue weighted by atomic mass is 10.1. The molecule has 4 rings (SSSR count). The number of carbonyl (C=O) groups excluding carboxylic acids is 3. The summed E-state index contributed by atoms with van der Waals surface area (Å²) in [7, 11) is 0. The molecular formula is C45H68N4O4. The molecule has 0 spiro atoms. The summed E-state index contributed by atoms with van der Waals surface area (Å²) < 4.78 is 1.42. The predicted molar refractivity (Wildman–Crippen MR) is 222 cm³/mol. The summed E-state index contributed by atoms with van der Waals surface area (Å²) in [4.78, 5) is 37.8. The zero-order valence-corrected chi connectivity index (χ0v) is 33.7. The van der Waals surface area contributed by atoms with Crippen LogP contribution in [0.4, 0.5) is 11.4 Å². The van der Waals surface area contributed by atoms with Crippen LogP contribution < -0.4 is 15.7 Å². The summed E-state index contributed by atoms with van der Waals surface area (Å²) in [5.41, 5.74) is 3.53. The van der Waals surface area contributed by atoms with Crippen LogP contribution in [0.3, 0.4) is 0 Å². The Morgan fingerprint density at radius 1 is 0.528 bits per heavy atom. The first-order valence-electron chi connectivity index (χ1n) is 20.4. The number of unbranched alkanes of at least 4 members (excludes halogenated alkanes) is 6. The normalized spacial score (nSPS) is 11.0. The number of amides is 2. The Morgan fingerprint density at radius 3 is 1.23 bits per heavy atom. The first kappa shape index (κ1) is 45.0. The summed E-state index contributed by atoms with van der Waals surface area (Å²) in [5.74, 6) is -1.08. The third-order valence-electron chi connectivity index (χ3n) is 9.69. The molecule has 0 aliphatic heterocycles. The first-order valence-corrected chi connectivity index (χ1v) is 20.4. The summed E-state index contributed by atoms with van der Waals surface area (Å²) in [6.07, 6.45) is 15.8. The number of carboxylic acids is 1. The number of nitrogens with zero attached hydrogens (tertiary/aromatic N) is 1. The largest absolute Gasteiger partial charge is 0.545 e. The molecule has 8 nitrogen and oxygen atoms in total. The van der Waals surface area contributed by atoms with Crippen molar-refractivity contribution in [3.8, 4) is 0 Å². The van der Waals surface area contributed by atoms with Gasteiger partial charge in [0.05, 0.1) is 54.6 Å². The molecule has 0 aliphatic rings. The van der Waals surface area contributed by atoms with Crippen LogP contribution in [0.1, 0.15) is 142 Å². The van der Waals surface area contributed by atoms with Crippen molar-refractivity contribution < 1.29 is 24.0 Å². The van der Waals surface area contributed by atoms with Gasteiger partial charge in [0.15, 0.2) is 0 Å². The second-order valence-electron chi connectivity index (χ2n) is 14.2. The Kier molecular flexibility index (Phi) is 21.9. The smallest absolute Gasteiger partial charge is 0.224 e. The van der Waals surface area contributed by atoms with Crippen LogP contribution in [-0.4, -0.2) is 53.4 Å². The van der Waals surface area contributed by atoms with Gasteiger partial charge in [-0.2, -0.15) is 0 Å². The minimum Gasteiger partial charge on any atom is -0.545 e. The number of benzene rings is 3. The fourth-order valence-electron chi connectivity index (χ4n) is 6.48. The standard InChI is InChI=1S/C22H27N3O2.C16H36N.C7H6O2/c1-3-5-13-19(26)23-17-11-7-9-15-16-10-8-12-18(22(16)25-21(15)17)24-20(27)14-6-4-2;1-5-9-13-17(14-10-6-2,15-11-7-3)16-12-8-4;8-7(9)6-4-2-1-3-5-6/h7-12,25H,3-6,13-14H2,1-2H3,(H,23,26)(H,24,27);5-16H2,1-4H3;1-5H,(H,8,9)/q;+1;/p-1. The maximum Gasteiger partial charge on any atom is 0.224 e. The predicted octanol–water partition coefficient (Wildman–Crippen LogP) is 10.6. The van der Waals surface area contributed by atoms with E-state index in [1.54, 1.807) is 18.2 Å². The van der Waals surface area contributed by atoms with E-state index in [1.165, 1.54) is 94.2 Å². The minimum atomic E-state index is -1.13. The van der Waals surface area contributed by atoms with Gasteiger partial charge in [-0.15, -0.1) is 0 Å². The zero-order chi connectivity index (χ0) is 38.9. The number of fused-ring (bicyclic) bond motifs is 3. The number of hydrogen-bond donors (Lipinski definition) is 3. The molecule has 0 aliphatic carbocycles. The number of nitrogens with one attached hydrogen (secondary N) is 3. The summed E-state index contributed by atoms with van der Waals surface area (Å²) in [6, 6.07) is 19.8. The second kappa shape index (κ2) is 25.7. The highest BCUT2D eigenvalue weighted by molar-refractivity contribution is 6.16. The summed E-state index contributed by atoms with van der Waals surface area (Å²) >= 11 is 0. The third-order valence-corrected chi connectivity index (χ3v) is 9.69. The summed E-state index contributed by atoms with van der Waals surface area (Å²) in [6.45, 7) is 19.2. The van der Waals surface area contributed by atoms with Crippen LogP contribution in [0, 0.1) is 0 Å². The molecule has 3 aromatic carbocycles. The number of rotatable bonds is 21. The number of aromatic carboxylic acids is 1. The molecule has 1 heterocycles. The third kappa shape index (κ3) is 15.8. The number of carbonyl (C=O) groups is 3. The fourth-order valence-corrected chi connectivity index (χ4v) is 6.48. The number of H-pyrrole nitrogens is 1. The molecule has 8 heteroatoms. The lowest BCUT2D eigenvalue weighted by molar-refractivity contribution is -0.929. The molecule has 0 fully saturated rings. The number of quaternary nitrogens is 1. The van der Waals surface area contributed by atoms with Gasteiger partial charge in [0, 0.05) is 23.6 Å². The van der Waals surface area contributed by atoms with Crippen LogP contribution >= 0.6 is 0 Å². The maximum atomic E-state index is 12.2. The average Bonchev–Trinajstić information content (AvgIpc) is 3.57. The van der Waals surface area contributed by atoms with Crippen LogP contribution in [-0.2, 0) is 9.59 Å². The molecule has 4 aromatic rings. The molecule has 1 aromatic heterocycles. The Balaban J connectivity index is 0.000000318. The minimum absolute atomic E-state index is 0.0242. The molecule has 292 valence electrons. The number of anilines is 2. The number of aromatic nitrogens is 1. The maximum absolute atomic E-state index is 12.2. The molecule has 0 bridgehead atoms. The van der Waals surface area contributed by atoms with E-state index in [1.807, 2.05) is 36.4 Å². The van der Waals surface area contributed by atoms with Crippen molar-refractivity contribution in [2.24, 2.45) is 0 Å². The van der Waals surface area contributed by atoms with Gasteiger partial charge in [-0.3, -0.25) is 9.59 Å². The van der Waals surface area contributed by atoms with E-state index in [0.717, 1.165) is 58.9 Å². The molecule has 53 heavy (non-hydrogen) atoms. The van der Waals surface area contributed by atoms with E-state index in [-0.39, 0.29) is 17.4 Å². The summed E-state index contributed by atoms with van der Waals surface area (Å²) in [5, 5.41) is 18.2. The lowest BCUT2D eigenvalue weighted by Crippen LogP contribution is -2.50. The SMILES string of the molecule is CCCCC(=O)Nc1cccc2c1[nH]c1c(NC(=O)CCCC)cccc12.CCCC[N+](CCCC)(CCCC)CCCC.O=C([O-])c1ccccc1. The molecule has 0 saturated heterocycles. The van der Waals surface area contributed by atoms with Gasteiger partial charge < -0.3 is 30.0 Å². The van der Waals surface area contributed by atoms with Crippen molar-refractivity contribution in [3.63, 3.8) is 0 Å². The topological polar surface area (TPSA) is 114 Å². The highest BCUT2D eigenvalue weighted by Gasteiger charge is 2.24.